The Balaban J connectivity index is 1.83. The van der Waals surface area contributed by atoms with E-state index < -0.39 is 17.8 Å². The van der Waals surface area contributed by atoms with Crippen molar-refractivity contribution in [1.29, 1.82) is 0 Å². The van der Waals surface area contributed by atoms with Gasteiger partial charge >= 0.3 is 6.18 Å². The van der Waals surface area contributed by atoms with Gasteiger partial charge in [-0.2, -0.15) is 18.3 Å². The molecule has 0 saturated carbocycles. The van der Waals surface area contributed by atoms with Gasteiger partial charge in [0, 0.05) is 20.7 Å². The lowest BCUT2D eigenvalue weighted by molar-refractivity contribution is -0.142. The van der Waals surface area contributed by atoms with Gasteiger partial charge < -0.3 is 5.32 Å². The van der Waals surface area contributed by atoms with E-state index in [1.54, 1.807) is 48.5 Å². The van der Waals surface area contributed by atoms with E-state index in [9.17, 15) is 18.0 Å². The molecule has 0 bridgehead atoms. The average molecular weight is 575 g/mol. The van der Waals surface area contributed by atoms with Crippen LogP contribution in [0.1, 0.15) is 16.2 Å². The van der Waals surface area contributed by atoms with E-state index in [1.165, 1.54) is 0 Å². The van der Waals surface area contributed by atoms with Crippen LogP contribution in [-0.4, -0.2) is 20.5 Å². The molecule has 2 aromatic heterocycles. The molecule has 1 N–H and O–H groups in total. The highest BCUT2D eigenvalue weighted by Crippen LogP contribution is 2.35. The first-order chi connectivity index (χ1) is 14.6. The van der Waals surface area contributed by atoms with Crippen molar-refractivity contribution in [2.45, 2.75) is 6.18 Å². The first-order valence-corrected chi connectivity index (χ1v) is 10.6. The maximum atomic E-state index is 13.8. The molecule has 0 atom stereocenters. The summed E-state index contributed by atoms with van der Waals surface area (Å²) >= 11 is 12.3. The van der Waals surface area contributed by atoms with Crippen LogP contribution >= 0.6 is 43.5 Å². The van der Waals surface area contributed by atoms with Crippen LogP contribution in [0.15, 0.2) is 63.5 Å². The molecule has 2 heterocycles. The number of anilines is 1. The maximum Gasteiger partial charge on any atom is 0.433 e. The molecule has 0 unspecified atom stereocenters. The summed E-state index contributed by atoms with van der Waals surface area (Å²) < 4.78 is 42.8. The molecule has 0 fully saturated rings. The van der Waals surface area contributed by atoms with Crippen LogP contribution in [0.5, 0.6) is 0 Å². The highest BCUT2D eigenvalue weighted by molar-refractivity contribution is 9.11. The Labute approximate surface area is 195 Å². The fourth-order valence-corrected chi connectivity index (χ4v) is 3.74. The van der Waals surface area contributed by atoms with Crippen molar-refractivity contribution < 1.29 is 18.0 Å². The van der Waals surface area contributed by atoms with Crippen molar-refractivity contribution in [2.24, 2.45) is 0 Å². The number of fused-ring (bicyclic) bond motifs is 1. The number of hydrogen-bond acceptors (Lipinski definition) is 3. The number of carbonyl (C=O) groups excluding carboxylic acids is 1. The average Bonchev–Trinajstić information content (AvgIpc) is 3.05. The second-order valence-electron chi connectivity index (χ2n) is 6.39. The standard InChI is InChI=1S/C20H10Br2ClF3N4O/c21-11-3-1-10(2-4-11)14-9-15(20(24,25)26)30-18(28-14)16(22)17(29-30)19(31)27-13-7-5-12(23)6-8-13/h1-9H,(H,27,31). The van der Waals surface area contributed by atoms with Crippen LogP contribution in [0.3, 0.4) is 0 Å². The number of aromatic nitrogens is 3. The number of hydrogen-bond donors (Lipinski definition) is 1. The van der Waals surface area contributed by atoms with Crippen molar-refractivity contribution in [1.82, 2.24) is 14.6 Å². The minimum absolute atomic E-state index is 0.0448. The number of nitrogens with one attached hydrogen (secondary N) is 1. The minimum atomic E-state index is -4.72. The van der Waals surface area contributed by atoms with Gasteiger partial charge in [0.1, 0.15) is 0 Å². The summed E-state index contributed by atoms with van der Waals surface area (Å²) in [4.78, 5) is 17.0. The van der Waals surface area contributed by atoms with E-state index in [-0.39, 0.29) is 21.5 Å². The van der Waals surface area contributed by atoms with Crippen molar-refractivity contribution in [3.05, 3.63) is 80.0 Å². The summed E-state index contributed by atoms with van der Waals surface area (Å²) in [6.45, 7) is 0. The summed E-state index contributed by atoms with van der Waals surface area (Å²) in [6.07, 6.45) is -4.72. The van der Waals surface area contributed by atoms with Crippen molar-refractivity contribution in [3.8, 4) is 11.3 Å². The third kappa shape index (κ3) is 4.46. The Hall–Kier alpha value is -2.43. The van der Waals surface area contributed by atoms with Gasteiger partial charge in [0.25, 0.3) is 5.91 Å². The second-order valence-corrected chi connectivity index (χ2v) is 8.54. The molecule has 0 radical (unpaired) electrons. The molecule has 0 saturated heterocycles. The Morgan fingerprint density at radius 2 is 1.68 bits per heavy atom. The summed E-state index contributed by atoms with van der Waals surface area (Å²) in [5.74, 6) is -0.696. The molecular weight excluding hydrogens is 565 g/mol. The van der Waals surface area contributed by atoms with E-state index in [1.807, 2.05) is 0 Å². The fourth-order valence-electron chi connectivity index (χ4n) is 2.83. The fraction of sp³-hybridized carbons (Fsp3) is 0.0500. The zero-order chi connectivity index (χ0) is 22.3. The van der Waals surface area contributed by atoms with E-state index in [0.29, 0.717) is 20.8 Å². The lowest BCUT2D eigenvalue weighted by Crippen LogP contribution is -2.15. The van der Waals surface area contributed by atoms with Crippen LogP contribution in [-0.2, 0) is 6.18 Å². The van der Waals surface area contributed by atoms with Gasteiger partial charge in [-0.1, -0.05) is 39.7 Å². The van der Waals surface area contributed by atoms with Gasteiger partial charge in [-0.15, -0.1) is 0 Å². The third-order valence-corrected chi connectivity index (χ3v) is 5.79. The molecule has 0 aliphatic heterocycles. The molecule has 1 amide bonds. The predicted octanol–water partition coefficient (Wildman–Crippen LogP) is 6.85. The monoisotopic (exact) mass is 572 g/mol. The summed E-state index contributed by atoms with van der Waals surface area (Å²) in [5, 5.41) is 6.94. The largest absolute Gasteiger partial charge is 0.433 e. The molecule has 31 heavy (non-hydrogen) atoms. The summed E-state index contributed by atoms with van der Waals surface area (Å²) in [6, 6.07) is 13.9. The number of benzene rings is 2. The third-order valence-electron chi connectivity index (χ3n) is 4.28. The number of alkyl halides is 3. The van der Waals surface area contributed by atoms with Crippen LogP contribution < -0.4 is 5.32 Å². The molecular formula is C20H10Br2ClF3N4O. The quantitative estimate of drug-likeness (QED) is 0.291. The Bertz CT molecular complexity index is 1290. The van der Waals surface area contributed by atoms with Gasteiger partial charge in [0.15, 0.2) is 17.0 Å². The van der Waals surface area contributed by atoms with Crippen LogP contribution in [0, 0.1) is 0 Å². The van der Waals surface area contributed by atoms with E-state index >= 15 is 0 Å². The number of nitrogens with zero attached hydrogens (tertiary/aromatic N) is 3. The lowest BCUT2D eigenvalue weighted by atomic mass is 10.1. The second kappa shape index (κ2) is 8.25. The Morgan fingerprint density at radius 1 is 1.03 bits per heavy atom. The lowest BCUT2D eigenvalue weighted by Gasteiger charge is -2.11. The van der Waals surface area contributed by atoms with Crippen LogP contribution in [0.4, 0.5) is 18.9 Å². The van der Waals surface area contributed by atoms with Crippen molar-refractivity contribution >= 4 is 60.7 Å². The molecule has 5 nitrogen and oxygen atoms in total. The zero-order valence-electron chi connectivity index (χ0n) is 15.2. The molecule has 11 heteroatoms. The number of rotatable bonds is 3. The highest BCUT2D eigenvalue weighted by Gasteiger charge is 2.36. The van der Waals surface area contributed by atoms with Gasteiger partial charge in [-0.3, -0.25) is 4.79 Å². The minimum Gasteiger partial charge on any atom is -0.321 e. The number of amides is 1. The smallest absolute Gasteiger partial charge is 0.321 e. The first-order valence-electron chi connectivity index (χ1n) is 8.63. The normalized spacial score (nSPS) is 11.7. The molecule has 0 spiro atoms. The van der Waals surface area contributed by atoms with Crippen molar-refractivity contribution in [3.63, 3.8) is 0 Å². The molecule has 0 aliphatic rings. The van der Waals surface area contributed by atoms with Gasteiger partial charge in [0.05, 0.1) is 10.2 Å². The van der Waals surface area contributed by atoms with E-state index in [2.05, 4.69) is 47.3 Å². The number of halogens is 6. The topological polar surface area (TPSA) is 59.3 Å². The van der Waals surface area contributed by atoms with E-state index in [4.69, 9.17) is 11.6 Å². The molecule has 0 aliphatic carbocycles. The van der Waals surface area contributed by atoms with Crippen LogP contribution in [0.25, 0.3) is 16.9 Å². The molecule has 158 valence electrons. The van der Waals surface area contributed by atoms with Crippen LogP contribution in [0.2, 0.25) is 5.02 Å². The number of carbonyl (C=O) groups is 1. The highest BCUT2D eigenvalue weighted by atomic mass is 79.9. The maximum absolute atomic E-state index is 13.8. The molecule has 4 aromatic rings. The van der Waals surface area contributed by atoms with E-state index in [0.717, 1.165) is 10.5 Å². The predicted molar refractivity (Wildman–Crippen MR) is 118 cm³/mol. The SMILES string of the molecule is O=C(Nc1ccc(Cl)cc1)c1nn2c(C(F)(F)F)cc(-c3ccc(Br)cc3)nc2c1Br. The summed E-state index contributed by atoms with van der Waals surface area (Å²) in [5.41, 5.74) is -0.427. The zero-order valence-corrected chi connectivity index (χ0v) is 19.1. The molecule has 4 rings (SSSR count). The van der Waals surface area contributed by atoms with Gasteiger partial charge in [0.2, 0.25) is 0 Å². The Kier molecular flexibility index (Phi) is 5.80. The van der Waals surface area contributed by atoms with Crippen molar-refractivity contribution in [2.75, 3.05) is 5.32 Å². The summed E-state index contributed by atoms with van der Waals surface area (Å²) in [7, 11) is 0. The van der Waals surface area contributed by atoms with Gasteiger partial charge in [-0.05, 0) is 58.4 Å². The molecule has 2 aromatic carbocycles. The Morgan fingerprint density at radius 3 is 2.29 bits per heavy atom. The van der Waals surface area contributed by atoms with Gasteiger partial charge in [-0.25, -0.2) is 9.50 Å². The first kappa shape index (κ1) is 21.8.